The number of hydrogen-bond acceptors (Lipinski definition) is 3. The van der Waals surface area contributed by atoms with Gasteiger partial charge in [-0.15, -0.1) is 0 Å². The highest BCUT2D eigenvalue weighted by molar-refractivity contribution is 7.92. The van der Waals surface area contributed by atoms with Crippen molar-refractivity contribution in [2.75, 3.05) is 10.0 Å². The van der Waals surface area contributed by atoms with Gasteiger partial charge in [0.25, 0.3) is 15.9 Å². The minimum absolute atomic E-state index is 0.0836. The van der Waals surface area contributed by atoms with Gasteiger partial charge < -0.3 is 5.32 Å². The fourth-order valence-corrected chi connectivity index (χ4v) is 3.64. The van der Waals surface area contributed by atoms with Crippen LogP contribution in [0.4, 0.5) is 15.8 Å². The molecule has 3 rings (SSSR count). The van der Waals surface area contributed by atoms with Gasteiger partial charge in [0.1, 0.15) is 5.82 Å². The molecule has 2 N–H and O–H groups in total. The largest absolute Gasteiger partial charge is 0.322 e. The fourth-order valence-electron chi connectivity index (χ4n) is 2.48. The number of para-hydroxylation sites is 2. The highest BCUT2D eigenvalue weighted by Gasteiger charge is 2.19. The van der Waals surface area contributed by atoms with Gasteiger partial charge in [-0.25, -0.2) is 12.8 Å². The van der Waals surface area contributed by atoms with Crippen LogP contribution in [0.3, 0.4) is 0 Å². The third-order valence-electron chi connectivity index (χ3n) is 3.89. The van der Waals surface area contributed by atoms with Gasteiger partial charge in [0.15, 0.2) is 0 Å². The van der Waals surface area contributed by atoms with Gasteiger partial charge in [-0.1, -0.05) is 30.3 Å². The molecule has 138 valence electrons. The van der Waals surface area contributed by atoms with Gasteiger partial charge in [0.2, 0.25) is 0 Å². The van der Waals surface area contributed by atoms with Crippen molar-refractivity contribution < 1.29 is 17.6 Å². The summed E-state index contributed by atoms with van der Waals surface area (Å²) in [6.45, 7) is 1.48. The minimum atomic E-state index is -3.98. The number of anilines is 2. The monoisotopic (exact) mass is 384 g/mol. The van der Waals surface area contributed by atoms with E-state index < -0.39 is 21.7 Å². The highest BCUT2D eigenvalue weighted by Crippen LogP contribution is 2.22. The molecule has 0 aliphatic carbocycles. The van der Waals surface area contributed by atoms with Crippen molar-refractivity contribution in [2.45, 2.75) is 11.8 Å². The van der Waals surface area contributed by atoms with Crippen LogP contribution in [0.2, 0.25) is 0 Å². The van der Waals surface area contributed by atoms with Crippen LogP contribution in [0, 0.1) is 12.7 Å². The number of sulfonamides is 1. The second-order valence-electron chi connectivity index (χ2n) is 5.88. The van der Waals surface area contributed by atoms with Gasteiger partial charge in [-0.2, -0.15) is 0 Å². The highest BCUT2D eigenvalue weighted by atomic mass is 32.2. The molecule has 0 aromatic heterocycles. The summed E-state index contributed by atoms with van der Waals surface area (Å²) in [5.41, 5.74) is 1.11. The molecule has 0 saturated heterocycles. The molecule has 27 heavy (non-hydrogen) atoms. The Hall–Kier alpha value is -3.19. The Balaban J connectivity index is 1.89. The second kappa shape index (κ2) is 7.59. The van der Waals surface area contributed by atoms with Crippen molar-refractivity contribution in [3.8, 4) is 0 Å². The Labute approximate surface area is 156 Å². The standard InChI is InChI=1S/C20H17FN2O3S/c1-14-13-16(11-12-18(14)21)27(25,26)23-19-10-6-5-9-17(19)20(24)22-15-7-3-2-4-8-15/h2-13,23H,1H3,(H,22,24). The molecule has 0 atom stereocenters. The van der Waals surface area contributed by atoms with Gasteiger partial charge >= 0.3 is 0 Å². The number of rotatable bonds is 5. The topological polar surface area (TPSA) is 75.3 Å². The number of aryl methyl sites for hydroxylation is 1. The molecule has 5 nitrogen and oxygen atoms in total. The van der Waals surface area contributed by atoms with E-state index in [0.29, 0.717) is 5.69 Å². The lowest BCUT2D eigenvalue weighted by molar-refractivity contribution is 0.102. The van der Waals surface area contributed by atoms with Crippen LogP contribution in [0.5, 0.6) is 0 Å². The zero-order chi connectivity index (χ0) is 19.4. The summed E-state index contributed by atoms with van der Waals surface area (Å²) in [5.74, 6) is -0.939. The van der Waals surface area contributed by atoms with Gasteiger partial charge in [-0.05, 0) is 55.0 Å². The summed E-state index contributed by atoms with van der Waals surface area (Å²) in [6, 6.07) is 18.6. The fraction of sp³-hybridized carbons (Fsp3) is 0.0500. The van der Waals surface area contributed by atoms with Crippen molar-refractivity contribution in [3.63, 3.8) is 0 Å². The summed E-state index contributed by atoms with van der Waals surface area (Å²) >= 11 is 0. The minimum Gasteiger partial charge on any atom is -0.322 e. The first kappa shape index (κ1) is 18.6. The molecule has 0 saturated carbocycles. The Kier molecular flexibility index (Phi) is 5.23. The maximum atomic E-state index is 13.4. The first-order valence-electron chi connectivity index (χ1n) is 8.11. The summed E-state index contributed by atoms with van der Waals surface area (Å²) in [7, 11) is -3.98. The molecule has 3 aromatic carbocycles. The van der Waals surface area contributed by atoms with E-state index in [9.17, 15) is 17.6 Å². The van der Waals surface area contributed by atoms with E-state index in [1.165, 1.54) is 31.2 Å². The van der Waals surface area contributed by atoms with Crippen molar-refractivity contribution >= 4 is 27.3 Å². The molecular formula is C20H17FN2O3S. The summed E-state index contributed by atoms with van der Waals surface area (Å²) in [5, 5.41) is 2.72. The zero-order valence-electron chi connectivity index (χ0n) is 14.4. The summed E-state index contributed by atoms with van der Waals surface area (Å²) < 4.78 is 41.1. The summed E-state index contributed by atoms with van der Waals surface area (Å²) in [4.78, 5) is 12.5. The van der Waals surface area contributed by atoms with Gasteiger partial charge in [0, 0.05) is 5.69 Å². The maximum absolute atomic E-state index is 13.4. The molecule has 0 spiro atoms. The van der Waals surface area contributed by atoms with Crippen LogP contribution < -0.4 is 10.0 Å². The van der Waals surface area contributed by atoms with Crippen molar-refractivity contribution in [1.82, 2.24) is 0 Å². The molecular weight excluding hydrogens is 367 g/mol. The molecule has 0 fully saturated rings. The van der Waals surface area contributed by atoms with Crippen LogP contribution in [0.25, 0.3) is 0 Å². The zero-order valence-corrected chi connectivity index (χ0v) is 15.3. The Morgan fingerprint density at radius 1 is 0.926 bits per heavy atom. The molecule has 7 heteroatoms. The lowest BCUT2D eigenvalue weighted by Crippen LogP contribution is -2.18. The lowest BCUT2D eigenvalue weighted by Gasteiger charge is -2.13. The molecule has 0 radical (unpaired) electrons. The van der Waals surface area contributed by atoms with E-state index in [0.717, 1.165) is 6.07 Å². The van der Waals surface area contributed by atoms with Gasteiger partial charge in [-0.3, -0.25) is 9.52 Å². The van der Waals surface area contributed by atoms with E-state index in [-0.39, 0.29) is 21.7 Å². The third kappa shape index (κ3) is 4.32. The first-order chi connectivity index (χ1) is 12.9. The van der Waals surface area contributed by atoms with Crippen LogP contribution in [-0.4, -0.2) is 14.3 Å². The van der Waals surface area contributed by atoms with Gasteiger partial charge in [0.05, 0.1) is 16.1 Å². The van der Waals surface area contributed by atoms with E-state index in [1.807, 2.05) is 6.07 Å². The van der Waals surface area contributed by atoms with Crippen LogP contribution in [0.15, 0.2) is 77.7 Å². The molecule has 0 aliphatic heterocycles. The average Bonchev–Trinajstić information content (AvgIpc) is 2.65. The number of halogens is 1. The Morgan fingerprint density at radius 2 is 1.59 bits per heavy atom. The van der Waals surface area contributed by atoms with Crippen molar-refractivity contribution in [1.29, 1.82) is 0 Å². The molecule has 1 amide bonds. The Bertz CT molecular complexity index is 1080. The number of nitrogens with one attached hydrogen (secondary N) is 2. The number of amides is 1. The van der Waals surface area contributed by atoms with Crippen molar-refractivity contribution in [3.05, 3.63) is 89.7 Å². The smallest absolute Gasteiger partial charge is 0.261 e. The van der Waals surface area contributed by atoms with Crippen LogP contribution in [-0.2, 0) is 10.0 Å². The van der Waals surface area contributed by atoms with E-state index >= 15 is 0 Å². The predicted molar refractivity (Wildman–Crippen MR) is 103 cm³/mol. The second-order valence-corrected chi connectivity index (χ2v) is 7.56. The molecule has 3 aromatic rings. The number of carbonyl (C=O) groups is 1. The number of benzene rings is 3. The lowest BCUT2D eigenvalue weighted by atomic mass is 10.1. The molecule has 0 heterocycles. The first-order valence-corrected chi connectivity index (χ1v) is 9.59. The third-order valence-corrected chi connectivity index (χ3v) is 5.25. The molecule has 0 aliphatic rings. The van der Waals surface area contributed by atoms with Crippen LogP contribution in [0.1, 0.15) is 15.9 Å². The van der Waals surface area contributed by atoms with E-state index in [4.69, 9.17) is 0 Å². The van der Waals surface area contributed by atoms with E-state index in [1.54, 1.807) is 36.4 Å². The quantitative estimate of drug-likeness (QED) is 0.693. The Morgan fingerprint density at radius 3 is 2.30 bits per heavy atom. The number of carbonyl (C=O) groups excluding carboxylic acids is 1. The number of hydrogen-bond donors (Lipinski definition) is 2. The van der Waals surface area contributed by atoms with Crippen LogP contribution >= 0.6 is 0 Å². The molecule has 0 bridgehead atoms. The molecule has 0 unspecified atom stereocenters. The average molecular weight is 384 g/mol. The van der Waals surface area contributed by atoms with E-state index in [2.05, 4.69) is 10.0 Å². The SMILES string of the molecule is Cc1cc(S(=O)(=O)Nc2ccccc2C(=O)Nc2ccccc2)ccc1F. The normalized spacial score (nSPS) is 11.0. The summed E-state index contributed by atoms with van der Waals surface area (Å²) in [6.07, 6.45) is 0. The van der Waals surface area contributed by atoms with Crippen molar-refractivity contribution in [2.24, 2.45) is 0 Å². The maximum Gasteiger partial charge on any atom is 0.261 e. The predicted octanol–water partition coefficient (Wildman–Crippen LogP) is 4.19.